The average Bonchev–Trinajstić information content (AvgIpc) is 3.27. The Bertz CT molecular complexity index is 1460. The Morgan fingerprint density at radius 2 is 1.68 bits per heavy atom. The molecule has 2 aromatic heterocycles. The van der Waals surface area contributed by atoms with E-state index in [0.29, 0.717) is 31.7 Å². The summed E-state index contributed by atoms with van der Waals surface area (Å²) in [5.74, 6) is 1.52. The van der Waals surface area contributed by atoms with Crippen LogP contribution in [0.5, 0.6) is 5.75 Å². The number of hydrogen-bond donors (Lipinski definition) is 1. The van der Waals surface area contributed by atoms with E-state index in [-0.39, 0.29) is 11.1 Å². The number of aliphatic hydroxyl groups is 1. The van der Waals surface area contributed by atoms with E-state index in [1.165, 1.54) is 5.56 Å². The van der Waals surface area contributed by atoms with Crippen LogP contribution in [0.3, 0.4) is 0 Å². The molecule has 8 heteroatoms. The van der Waals surface area contributed by atoms with Crippen molar-refractivity contribution in [3.05, 3.63) is 99.5 Å². The number of aromatic nitrogens is 4. The van der Waals surface area contributed by atoms with Gasteiger partial charge in [0, 0.05) is 49.5 Å². The molecule has 0 spiro atoms. The van der Waals surface area contributed by atoms with Crippen LogP contribution in [-0.2, 0) is 42.6 Å². The highest BCUT2D eigenvalue weighted by molar-refractivity contribution is 5.67. The number of nitrogens with zero attached hydrogens (tertiary/aromatic N) is 4. The molecule has 0 fully saturated rings. The van der Waals surface area contributed by atoms with Crippen LogP contribution < -0.4 is 10.4 Å². The van der Waals surface area contributed by atoms with E-state index < -0.39 is 0 Å². The van der Waals surface area contributed by atoms with Crippen LogP contribution in [0, 0.1) is 0 Å². The van der Waals surface area contributed by atoms with Crippen molar-refractivity contribution in [2.75, 3.05) is 14.2 Å². The summed E-state index contributed by atoms with van der Waals surface area (Å²) in [6, 6.07) is 18.4. The lowest BCUT2D eigenvalue weighted by Crippen LogP contribution is -2.25. The van der Waals surface area contributed by atoms with E-state index in [0.717, 1.165) is 60.0 Å². The van der Waals surface area contributed by atoms with E-state index >= 15 is 0 Å². The van der Waals surface area contributed by atoms with Gasteiger partial charge in [0.15, 0.2) is 0 Å². The second-order valence-corrected chi connectivity index (χ2v) is 10.8. The van der Waals surface area contributed by atoms with Crippen molar-refractivity contribution in [3.8, 4) is 16.9 Å². The third-order valence-electron chi connectivity index (χ3n) is 7.04. The number of carbonyl (C=O) groups excluding carboxylic acids is 1. The van der Waals surface area contributed by atoms with Crippen molar-refractivity contribution in [3.63, 3.8) is 0 Å². The molecule has 1 N–H and O–H groups in total. The van der Waals surface area contributed by atoms with Gasteiger partial charge < -0.3 is 14.6 Å². The van der Waals surface area contributed by atoms with Gasteiger partial charge in [0.2, 0.25) is 0 Å². The molecule has 4 aromatic rings. The van der Waals surface area contributed by atoms with Gasteiger partial charge in [-0.25, -0.2) is 9.48 Å². The van der Waals surface area contributed by atoms with Gasteiger partial charge in [-0.05, 0) is 60.1 Å². The van der Waals surface area contributed by atoms with Gasteiger partial charge in [-0.1, -0.05) is 57.2 Å². The van der Waals surface area contributed by atoms with E-state index in [1.807, 2.05) is 37.4 Å². The Hall–Kier alpha value is -4.04. The highest BCUT2D eigenvalue weighted by Gasteiger charge is 2.15. The predicted molar refractivity (Wildman–Crippen MR) is 163 cm³/mol. The molecule has 0 bridgehead atoms. The molecule has 0 saturated heterocycles. The van der Waals surface area contributed by atoms with Crippen molar-refractivity contribution in [2.24, 2.45) is 0 Å². The van der Waals surface area contributed by atoms with Crippen molar-refractivity contribution < 1.29 is 14.6 Å². The molecule has 0 amide bonds. The fourth-order valence-electron chi connectivity index (χ4n) is 4.75. The van der Waals surface area contributed by atoms with Crippen LogP contribution in [0.4, 0.5) is 0 Å². The van der Waals surface area contributed by atoms with E-state index in [1.54, 1.807) is 16.4 Å². The van der Waals surface area contributed by atoms with Gasteiger partial charge in [-0.15, -0.1) is 0 Å². The Labute approximate surface area is 242 Å². The Balaban J connectivity index is 0.00000226. The van der Waals surface area contributed by atoms with Crippen LogP contribution in [0.25, 0.3) is 11.1 Å². The van der Waals surface area contributed by atoms with Crippen LogP contribution >= 0.6 is 0 Å². The van der Waals surface area contributed by atoms with Gasteiger partial charge in [-0.2, -0.15) is 5.10 Å². The molecule has 0 aliphatic carbocycles. The average molecular weight is 559 g/mol. The van der Waals surface area contributed by atoms with E-state index in [4.69, 9.17) is 9.84 Å². The first-order chi connectivity index (χ1) is 19.7. The van der Waals surface area contributed by atoms with Crippen molar-refractivity contribution in [2.45, 2.75) is 71.9 Å². The number of pyridine rings is 1. The number of hydrogen-bond acceptors (Lipinski definition) is 6. The fraction of sp³-hybridized carbons (Fsp3) is 0.394. The summed E-state index contributed by atoms with van der Waals surface area (Å²) in [5.41, 5.74) is 6.20. The summed E-state index contributed by atoms with van der Waals surface area (Å²) in [6.45, 7) is 9.62. The maximum absolute atomic E-state index is 13.0. The van der Waals surface area contributed by atoms with Crippen LogP contribution in [-0.4, -0.2) is 44.9 Å². The van der Waals surface area contributed by atoms with E-state index in [9.17, 15) is 9.59 Å². The second-order valence-electron chi connectivity index (χ2n) is 10.8. The van der Waals surface area contributed by atoms with E-state index in [2.05, 4.69) is 61.2 Å². The summed E-state index contributed by atoms with van der Waals surface area (Å²) in [5, 5.41) is 11.7. The van der Waals surface area contributed by atoms with Crippen molar-refractivity contribution in [1.82, 2.24) is 19.3 Å². The monoisotopic (exact) mass is 558 g/mol. The zero-order valence-corrected chi connectivity index (χ0v) is 25.1. The quantitative estimate of drug-likeness (QED) is 0.260. The lowest BCUT2D eigenvalue weighted by atomic mass is 9.87. The highest BCUT2D eigenvalue weighted by atomic mass is 16.5. The normalized spacial score (nSPS) is 11.1. The molecular weight excluding hydrogens is 516 g/mol. The lowest BCUT2D eigenvalue weighted by Gasteiger charge is -2.19. The maximum Gasteiger partial charge on any atom is 0.346 e. The zero-order valence-electron chi connectivity index (χ0n) is 25.1. The van der Waals surface area contributed by atoms with Gasteiger partial charge in [0.05, 0.1) is 13.7 Å². The third kappa shape index (κ3) is 8.01. The highest BCUT2D eigenvalue weighted by Crippen LogP contribution is 2.27. The number of ether oxygens (including phenoxy) is 1. The van der Waals surface area contributed by atoms with Gasteiger partial charge in [-0.3, -0.25) is 9.55 Å². The summed E-state index contributed by atoms with van der Waals surface area (Å²) in [4.78, 5) is 28.7. The number of carbonyl (C=O) groups is 1. The number of aldehydes is 1. The maximum atomic E-state index is 13.0. The Morgan fingerprint density at radius 1 is 0.976 bits per heavy atom. The minimum Gasteiger partial charge on any atom is -0.496 e. The summed E-state index contributed by atoms with van der Waals surface area (Å²) in [6.07, 6.45) is 5.39. The molecule has 218 valence electrons. The summed E-state index contributed by atoms with van der Waals surface area (Å²) < 4.78 is 8.70. The number of methoxy groups -OCH3 is 1. The predicted octanol–water partition coefficient (Wildman–Crippen LogP) is 5.01. The Morgan fingerprint density at radius 3 is 2.27 bits per heavy atom. The standard InChI is InChI=1S/C32H38N4O3.CH4O/c1-6-35-30(34-36(31(35)38)22-23-10-14-27(15-11-23)32(2,3)4)9-7-8-28-16-12-26(21-33-28)24-13-17-29(39-5)25(20-24)18-19-37;1-2/h10-17,19-21H,6-9,18,22H2,1-5H3;2H,1H3. The van der Waals surface area contributed by atoms with Crippen molar-refractivity contribution in [1.29, 1.82) is 0 Å². The third-order valence-corrected chi connectivity index (χ3v) is 7.04. The molecule has 0 radical (unpaired) electrons. The minimum absolute atomic E-state index is 0.0664. The number of benzene rings is 2. The van der Waals surface area contributed by atoms with Crippen LogP contribution in [0.15, 0.2) is 65.6 Å². The van der Waals surface area contributed by atoms with Gasteiger partial charge in [0.25, 0.3) is 0 Å². The number of aliphatic hydroxyl groups excluding tert-OH is 1. The molecular formula is C33H42N4O4. The zero-order chi connectivity index (χ0) is 30.0. The Kier molecular flexibility index (Phi) is 11.2. The molecule has 8 nitrogen and oxygen atoms in total. The molecule has 41 heavy (non-hydrogen) atoms. The molecule has 2 aromatic carbocycles. The largest absolute Gasteiger partial charge is 0.496 e. The summed E-state index contributed by atoms with van der Waals surface area (Å²) in [7, 11) is 2.61. The molecule has 0 saturated carbocycles. The van der Waals surface area contributed by atoms with Crippen molar-refractivity contribution >= 4 is 6.29 Å². The molecule has 0 aliphatic rings. The van der Waals surface area contributed by atoms with Crippen LogP contribution in [0.2, 0.25) is 0 Å². The smallest absolute Gasteiger partial charge is 0.346 e. The lowest BCUT2D eigenvalue weighted by molar-refractivity contribution is -0.107. The first-order valence-electron chi connectivity index (χ1n) is 14.0. The topological polar surface area (TPSA) is 99.2 Å². The SMILES string of the molecule is CCn1c(CCCc2ccc(-c3ccc(OC)c(CC=O)c3)cn2)nn(Cc2ccc(C(C)(C)C)cc2)c1=O.CO. The first kappa shape index (κ1) is 31.5. The molecule has 0 unspecified atom stereocenters. The molecule has 0 atom stereocenters. The van der Waals surface area contributed by atoms with Crippen LogP contribution in [0.1, 0.15) is 62.3 Å². The number of aryl methyl sites for hydroxylation is 2. The first-order valence-corrected chi connectivity index (χ1v) is 14.0. The molecule has 2 heterocycles. The fourth-order valence-corrected chi connectivity index (χ4v) is 4.75. The second kappa shape index (κ2) is 14.6. The molecule has 0 aliphatic heterocycles. The summed E-state index contributed by atoms with van der Waals surface area (Å²) >= 11 is 0. The molecule has 4 rings (SSSR count). The number of rotatable bonds is 11. The van der Waals surface area contributed by atoms with Gasteiger partial charge in [0.1, 0.15) is 17.9 Å². The van der Waals surface area contributed by atoms with Gasteiger partial charge >= 0.3 is 5.69 Å². The minimum atomic E-state index is -0.0664.